The molecule has 0 fully saturated rings. The zero-order valence-electron chi connectivity index (χ0n) is 9.90. The zero-order valence-corrected chi connectivity index (χ0v) is 9.90. The predicted octanol–water partition coefficient (Wildman–Crippen LogP) is 1.78. The second kappa shape index (κ2) is 5.22. The van der Waals surface area contributed by atoms with Crippen molar-refractivity contribution in [2.24, 2.45) is 0 Å². The van der Waals surface area contributed by atoms with E-state index in [0.29, 0.717) is 24.1 Å². The Morgan fingerprint density at radius 2 is 2.11 bits per heavy atom. The molecule has 0 atom stereocenters. The normalized spacial score (nSPS) is 10.9. The molecule has 2 rings (SSSR count). The third kappa shape index (κ3) is 2.38. The van der Waals surface area contributed by atoms with Gasteiger partial charge in [-0.2, -0.15) is 0 Å². The molecule has 96 valence electrons. The highest BCUT2D eigenvalue weighted by atomic mass is 19.1. The van der Waals surface area contributed by atoms with Crippen LogP contribution in [0.5, 0.6) is 0 Å². The minimum atomic E-state index is -0.684. The minimum Gasteiger partial charge on any atom is -0.396 e. The quantitative estimate of drug-likeness (QED) is 0.903. The largest absolute Gasteiger partial charge is 0.396 e. The summed E-state index contributed by atoms with van der Waals surface area (Å²) in [5, 5.41) is 16.2. The Balaban J connectivity index is 2.37. The molecule has 1 aromatic heterocycles. The van der Waals surface area contributed by atoms with Crippen molar-refractivity contribution in [2.45, 2.75) is 19.8 Å². The number of aryl methyl sites for hydroxylation is 2. The number of nitrogens with zero attached hydrogens (tertiary/aromatic N) is 3. The highest BCUT2D eigenvalue weighted by Gasteiger charge is 2.15. The lowest BCUT2D eigenvalue weighted by Gasteiger charge is -2.05. The van der Waals surface area contributed by atoms with Gasteiger partial charge in [-0.15, -0.1) is 5.10 Å². The minimum absolute atomic E-state index is 0.0417. The van der Waals surface area contributed by atoms with Gasteiger partial charge in [0.05, 0.1) is 11.9 Å². The van der Waals surface area contributed by atoms with Crippen LogP contribution in [-0.2, 0) is 6.42 Å². The Labute approximate surface area is 103 Å². The van der Waals surface area contributed by atoms with Crippen molar-refractivity contribution < 1.29 is 13.9 Å². The van der Waals surface area contributed by atoms with Crippen molar-refractivity contribution in [1.29, 1.82) is 0 Å². The second-order valence-electron chi connectivity index (χ2n) is 4.01. The molecule has 0 spiro atoms. The first-order valence-corrected chi connectivity index (χ1v) is 5.60. The third-order valence-electron chi connectivity index (χ3n) is 2.62. The molecule has 0 radical (unpaired) electrons. The number of aliphatic hydroxyl groups excluding tert-OH is 1. The molecule has 4 nitrogen and oxygen atoms in total. The highest BCUT2D eigenvalue weighted by Crippen LogP contribution is 2.20. The zero-order chi connectivity index (χ0) is 13.1. The molecule has 0 aliphatic carbocycles. The SMILES string of the molecule is Cc1ccc(F)c(-n2cc(CCCO)nn2)c1F. The van der Waals surface area contributed by atoms with E-state index in [-0.39, 0.29) is 12.3 Å². The van der Waals surface area contributed by atoms with Gasteiger partial charge in [0.15, 0.2) is 11.6 Å². The van der Waals surface area contributed by atoms with Gasteiger partial charge in [0.2, 0.25) is 0 Å². The average molecular weight is 253 g/mol. The summed E-state index contributed by atoms with van der Waals surface area (Å²) >= 11 is 0. The van der Waals surface area contributed by atoms with Crippen molar-refractivity contribution in [3.8, 4) is 5.69 Å². The summed E-state index contributed by atoms with van der Waals surface area (Å²) in [4.78, 5) is 0. The molecule has 1 aromatic carbocycles. The van der Waals surface area contributed by atoms with E-state index in [1.165, 1.54) is 18.3 Å². The van der Waals surface area contributed by atoms with Crippen LogP contribution in [0.15, 0.2) is 18.3 Å². The van der Waals surface area contributed by atoms with Crippen LogP contribution in [0.25, 0.3) is 5.69 Å². The summed E-state index contributed by atoms with van der Waals surface area (Å²) in [6, 6.07) is 2.57. The van der Waals surface area contributed by atoms with Gasteiger partial charge < -0.3 is 5.11 Å². The van der Waals surface area contributed by atoms with E-state index < -0.39 is 11.6 Å². The lowest BCUT2D eigenvalue weighted by molar-refractivity contribution is 0.288. The summed E-state index contributed by atoms with van der Waals surface area (Å²) < 4.78 is 28.5. The molecule has 0 saturated heterocycles. The molecule has 0 aliphatic rings. The summed E-state index contributed by atoms with van der Waals surface area (Å²) in [6.07, 6.45) is 2.53. The van der Waals surface area contributed by atoms with Gasteiger partial charge in [0.25, 0.3) is 0 Å². The average Bonchev–Trinajstić information content (AvgIpc) is 2.80. The molecular weight excluding hydrogens is 240 g/mol. The molecule has 1 N–H and O–H groups in total. The van der Waals surface area contributed by atoms with Crippen LogP contribution in [0.3, 0.4) is 0 Å². The van der Waals surface area contributed by atoms with E-state index >= 15 is 0 Å². The Kier molecular flexibility index (Phi) is 3.66. The van der Waals surface area contributed by atoms with Crippen molar-refractivity contribution in [3.63, 3.8) is 0 Å². The van der Waals surface area contributed by atoms with Gasteiger partial charge in [-0.3, -0.25) is 0 Å². The van der Waals surface area contributed by atoms with Crippen molar-refractivity contribution in [2.75, 3.05) is 6.61 Å². The van der Waals surface area contributed by atoms with Crippen LogP contribution >= 0.6 is 0 Å². The molecule has 0 amide bonds. The maximum atomic E-state index is 13.8. The summed E-state index contributed by atoms with van der Waals surface area (Å²) in [6.45, 7) is 1.60. The van der Waals surface area contributed by atoms with Gasteiger partial charge >= 0.3 is 0 Å². The lowest BCUT2D eigenvalue weighted by Crippen LogP contribution is -2.04. The number of halogens is 2. The van der Waals surface area contributed by atoms with Crippen LogP contribution in [0.4, 0.5) is 8.78 Å². The van der Waals surface area contributed by atoms with Gasteiger partial charge in [-0.1, -0.05) is 11.3 Å². The molecular formula is C12H13F2N3O. The van der Waals surface area contributed by atoms with E-state index in [1.807, 2.05) is 0 Å². The number of aliphatic hydroxyl groups is 1. The van der Waals surface area contributed by atoms with Gasteiger partial charge in [0, 0.05) is 6.61 Å². The Morgan fingerprint density at radius 1 is 1.33 bits per heavy atom. The molecule has 0 saturated carbocycles. The molecule has 1 heterocycles. The fraction of sp³-hybridized carbons (Fsp3) is 0.333. The maximum Gasteiger partial charge on any atom is 0.154 e. The number of rotatable bonds is 4. The van der Waals surface area contributed by atoms with E-state index in [1.54, 1.807) is 6.92 Å². The van der Waals surface area contributed by atoms with E-state index in [9.17, 15) is 8.78 Å². The van der Waals surface area contributed by atoms with Gasteiger partial charge in [-0.25, -0.2) is 13.5 Å². The molecule has 0 unspecified atom stereocenters. The summed E-state index contributed by atoms with van der Waals surface area (Å²) in [5.74, 6) is -1.33. The Hall–Kier alpha value is -1.82. The molecule has 0 bridgehead atoms. The molecule has 2 aromatic rings. The van der Waals surface area contributed by atoms with E-state index in [2.05, 4.69) is 10.3 Å². The first kappa shape index (κ1) is 12.6. The molecule has 6 heteroatoms. The smallest absolute Gasteiger partial charge is 0.154 e. The predicted molar refractivity (Wildman–Crippen MR) is 61.4 cm³/mol. The van der Waals surface area contributed by atoms with Gasteiger partial charge in [0.1, 0.15) is 5.69 Å². The first-order valence-electron chi connectivity index (χ1n) is 5.60. The standard InChI is InChI=1S/C12H13F2N3O/c1-8-4-5-10(13)12(11(8)14)17-7-9(15-16-17)3-2-6-18/h4-5,7,18H,2-3,6H2,1H3. The van der Waals surface area contributed by atoms with Crippen molar-refractivity contribution in [3.05, 3.63) is 41.2 Å². The second-order valence-corrected chi connectivity index (χ2v) is 4.01. The van der Waals surface area contributed by atoms with Crippen LogP contribution in [0, 0.1) is 18.6 Å². The fourth-order valence-electron chi connectivity index (χ4n) is 1.63. The summed E-state index contributed by atoms with van der Waals surface area (Å²) in [5.41, 5.74) is 0.709. The first-order chi connectivity index (χ1) is 8.63. The number of benzene rings is 1. The van der Waals surface area contributed by atoms with E-state index in [4.69, 9.17) is 5.11 Å². The van der Waals surface area contributed by atoms with Crippen molar-refractivity contribution in [1.82, 2.24) is 15.0 Å². The lowest BCUT2D eigenvalue weighted by atomic mass is 10.2. The monoisotopic (exact) mass is 253 g/mol. The van der Waals surface area contributed by atoms with Crippen LogP contribution in [0.1, 0.15) is 17.7 Å². The van der Waals surface area contributed by atoms with Crippen LogP contribution in [-0.4, -0.2) is 26.7 Å². The van der Waals surface area contributed by atoms with Crippen LogP contribution in [0.2, 0.25) is 0 Å². The van der Waals surface area contributed by atoms with Gasteiger partial charge in [-0.05, 0) is 31.4 Å². The Morgan fingerprint density at radius 3 is 2.83 bits per heavy atom. The number of hydrogen-bond donors (Lipinski definition) is 1. The van der Waals surface area contributed by atoms with E-state index in [0.717, 1.165) is 4.68 Å². The number of hydrogen-bond acceptors (Lipinski definition) is 3. The van der Waals surface area contributed by atoms with Crippen molar-refractivity contribution >= 4 is 0 Å². The molecule has 18 heavy (non-hydrogen) atoms. The third-order valence-corrected chi connectivity index (χ3v) is 2.62. The fourth-order valence-corrected chi connectivity index (χ4v) is 1.63. The highest BCUT2D eigenvalue weighted by molar-refractivity contribution is 5.38. The topological polar surface area (TPSA) is 50.9 Å². The Bertz CT molecular complexity index is 554. The summed E-state index contributed by atoms with van der Waals surface area (Å²) in [7, 11) is 0. The van der Waals surface area contributed by atoms with Crippen LogP contribution < -0.4 is 0 Å². The number of aromatic nitrogens is 3. The maximum absolute atomic E-state index is 13.8. The molecule has 0 aliphatic heterocycles.